The summed E-state index contributed by atoms with van der Waals surface area (Å²) in [4.78, 5) is 30.2. The lowest BCUT2D eigenvalue weighted by Crippen LogP contribution is -2.47. The maximum Gasteiger partial charge on any atom is 0.313 e. The Bertz CT molecular complexity index is 1350. The number of hydrogen-bond acceptors (Lipinski definition) is 10. The highest BCUT2D eigenvalue weighted by molar-refractivity contribution is 5.67. The summed E-state index contributed by atoms with van der Waals surface area (Å²) in [5, 5.41) is 32.2. The third kappa shape index (κ3) is 5.06. The SMILES string of the molecule is Cn1c[n+]([C@@H]2O[C@H](CO)[C@@H](O)[C@H]2OCO[C@@H](c2ccccc2[N+](=O)[O-])C(C)(C)C)c2nc(N)[nH]c(=O)c21. The largest absolute Gasteiger partial charge is 0.394 e. The average Bonchev–Trinajstić information content (AvgIpc) is 3.31. The Morgan fingerprint density at radius 2 is 2.08 bits per heavy atom. The maximum atomic E-state index is 12.4. The van der Waals surface area contributed by atoms with Gasteiger partial charge in [0.2, 0.25) is 11.7 Å². The summed E-state index contributed by atoms with van der Waals surface area (Å²) in [5.74, 6) is -0.104. The summed E-state index contributed by atoms with van der Waals surface area (Å²) < 4.78 is 20.8. The van der Waals surface area contributed by atoms with Crippen LogP contribution in [0.15, 0.2) is 35.4 Å². The number of nitrogens with one attached hydrogen (secondary N) is 1. The molecular formula is C23H31N6O8+. The molecular weight excluding hydrogens is 488 g/mol. The molecule has 1 fully saturated rings. The number of fused-ring (bicyclic) bond motifs is 1. The third-order valence-corrected chi connectivity index (χ3v) is 6.25. The van der Waals surface area contributed by atoms with E-state index in [1.807, 2.05) is 20.8 Å². The average molecular weight is 520 g/mol. The second kappa shape index (κ2) is 10.1. The van der Waals surface area contributed by atoms with Gasteiger partial charge in [-0.3, -0.25) is 24.5 Å². The number of hydrogen-bond donors (Lipinski definition) is 4. The van der Waals surface area contributed by atoms with E-state index in [1.54, 1.807) is 31.6 Å². The second-order valence-electron chi connectivity index (χ2n) is 9.97. The molecule has 3 heterocycles. The van der Waals surface area contributed by atoms with Gasteiger partial charge in [0, 0.05) is 6.07 Å². The predicted octanol–water partition coefficient (Wildman–Crippen LogP) is 0.437. The normalized spacial score (nSPS) is 23.0. The molecule has 5 atom stereocenters. The smallest absolute Gasteiger partial charge is 0.313 e. The zero-order valence-electron chi connectivity index (χ0n) is 20.9. The van der Waals surface area contributed by atoms with Crippen molar-refractivity contribution in [3.05, 3.63) is 56.6 Å². The summed E-state index contributed by atoms with van der Waals surface area (Å²) in [7, 11) is 1.64. The first-order valence-electron chi connectivity index (χ1n) is 11.6. The Hall–Kier alpha value is -3.43. The molecule has 5 N–H and O–H groups in total. The Balaban J connectivity index is 1.63. The zero-order valence-corrected chi connectivity index (χ0v) is 20.9. The van der Waals surface area contributed by atoms with E-state index in [-0.39, 0.29) is 29.6 Å². The van der Waals surface area contributed by atoms with Crippen LogP contribution in [0.25, 0.3) is 11.2 Å². The van der Waals surface area contributed by atoms with E-state index in [4.69, 9.17) is 19.9 Å². The van der Waals surface area contributed by atoms with E-state index in [0.29, 0.717) is 5.56 Å². The first-order valence-corrected chi connectivity index (χ1v) is 11.6. The number of H-pyrrole nitrogens is 1. The molecule has 14 nitrogen and oxygen atoms in total. The molecule has 0 bridgehead atoms. The lowest BCUT2D eigenvalue weighted by molar-refractivity contribution is -0.746. The van der Waals surface area contributed by atoms with Crippen LogP contribution in [-0.2, 0) is 21.3 Å². The lowest BCUT2D eigenvalue weighted by Gasteiger charge is -2.31. The number of aromatic nitrogens is 4. The highest BCUT2D eigenvalue weighted by atomic mass is 16.7. The van der Waals surface area contributed by atoms with E-state index < -0.39 is 53.1 Å². The van der Waals surface area contributed by atoms with Gasteiger partial charge < -0.3 is 30.2 Å². The number of nitro groups is 1. The van der Waals surface area contributed by atoms with Crippen molar-refractivity contribution in [1.29, 1.82) is 0 Å². The van der Waals surface area contributed by atoms with Gasteiger partial charge in [-0.2, -0.15) is 0 Å². The van der Waals surface area contributed by atoms with Crippen molar-refractivity contribution in [3.8, 4) is 0 Å². The van der Waals surface area contributed by atoms with Crippen LogP contribution in [0.4, 0.5) is 11.6 Å². The Morgan fingerprint density at radius 1 is 1.38 bits per heavy atom. The van der Waals surface area contributed by atoms with Crippen LogP contribution in [-0.4, -0.2) is 61.4 Å². The summed E-state index contributed by atoms with van der Waals surface area (Å²) >= 11 is 0. The molecule has 200 valence electrons. The number of aromatic amines is 1. The topological polar surface area (TPSA) is 192 Å². The molecule has 1 aliphatic rings. The number of nitrogens with zero attached hydrogens (tertiary/aromatic N) is 4. The number of aryl methyl sites for hydroxylation is 1. The van der Waals surface area contributed by atoms with Crippen LogP contribution >= 0.6 is 0 Å². The highest BCUT2D eigenvalue weighted by Crippen LogP contribution is 2.40. The Morgan fingerprint density at radius 3 is 2.73 bits per heavy atom. The minimum Gasteiger partial charge on any atom is -0.394 e. The molecule has 0 radical (unpaired) electrons. The number of imidazole rings is 1. The van der Waals surface area contributed by atoms with Crippen molar-refractivity contribution in [2.75, 3.05) is 19.1 Å². The van der Waals surface area contributed by atoms with Crippen LogP contribution < -0.4 is 15.9 Å². The van der Waals surface area contributed by atoms with Crippen molar-refractivity contribution in [2.24, 2.45) is 12.5 Å². The Kier molecular flexibility index (Phi) is 7.30. The van der Waals surface area contributed by atoms with Crippen LogP contribution in [0.2, 0.25) is 0 Å². The molecule has 0 spiro atoms. The Labute approximate surface area is 211 Å². The van der Waals surface area contributed by atoms with Crippen LogP contribution in [0.5, 0.6) is 0 Å². The van der Waals surface area contributed by atoms with Crippen LogP contribution in [0.3, 0.4) is 0 Å². The molecule has 0 saturated carbocycles. The summed E-state index contributed by atoms with van der Waals surface area (Å²) in [6.07, 6.45) is -3.43. The van der Waals surface area contributed by atoms with Crippen molar-refractivity contribution in [2.45, 2.75) is 51.4 Å². The van der Waals surface area contributed by atoms with Gasteiger partial charge in [0.15, 0.2) is 6.33 Å². The number of para-hydroxylation sites is 1. The van der Waals surface area contributed by atoms with Gasteiger partial charge in [-0.25, -0.2) is 4.57 Å². The summed E-state index contributed by atoms with van der Waals surface area (Å²) in [5.41, 5.74) is 5.47. The van der Waals surface area contributed by atoms with E-state index in [0.717, 1.165) is 0 Å². The van der Waals surface area contributed by atoms with Crippen molar-refractivity contribution in [1.82, 2.24) is 14.5 Å². The number of ether oxygens (including phenoxy) is 3. The van der Waals surface area contributed by atoms with Crippen LogP contribution in [0, 0.1) is 15.5 Å². The summed E-state index contributed by atoms with van der Waals surface area (Å²) in [6.45, 7) is 4.81. The lowest BCUT2D eigenvalue weighted by atomic mass is 9.84. The van der Waals surface area contributed by atoms with Gasteiger partial charge in [0.25, 0.3) is 17.2 Å². The molecule has 1 saturated heterocycles. The molecule has 3 aromatic rings. The van der Waals surface area contributed by atoms with Gasteiger partial charge in [-0.15, -0.1) is 0 Å². The quantitative estimate of drug-likeness (QED) is 0.140. The van der Waals surface area contributed by atoms with Crippen LogP contribution in [0.1, 0.15) is 38.7 Å². The first-order chi connectivity index (χ1) is 17.4. The first kappa shape index (κ1) is 26.6. The fourth-order valence-electron chi connectivity index (χ4n) is 4.60. The fourth-order valence-corrected chi connectivity index (χ4v) is 4.60. The number of nitro benzene ring substituents is 1. The number of nitrogens with two attached hydrogens (primary N) is 1. The second-order valence-corrected chi connectivity index (χ2v) is 9.97. The van der Waals surface area contributed by atoms with E-state index in [1.165, 1.54) is 15.2 Å². The van der Waals surface area contributed by atoms with Crippen molar-refractivity contribution in [3.63, 3.8) is 0 Å². The molecule has 4 rings (SSSR count). The van der Waals surface area contributed by atoms with E-state index in [2.05, 4.69) is 9.97 Å². The minimum atomic E-state index is -1.25. The predicted molar refractivity (Wildman–Crippen MR) is 129 cm³/mol. The molecule has 1 aliphatic heterocycles. The van der Waals surface area contributed by atoms with Gasteiger partial charge in [0.05, 0.1) is 30.2 Å². The molecule has 0 amide bonds. The third-order valence-electron chi connectivity index (χ3n) is 6.25. The number of aliphatic hydroxyl groups excluding tert-OH is 2. The number of rotatable bonds is 8. The van der Waals surface area contributed by atoms with Gasteiger partial charge in [0.1, 0.15) is 25.1 Å². The highest BCUT2D eigenvalue weighted by Gasteiger charge is 2.49. The van der Waals surface area contributed by atoms with Gasteiger partial charge in [-0.1, -0.05) is 37.9 Å². The number of anilines is 1. The van der Waals surface area contributed by atoms with Crippen molar-refractivity contribution >= 4 is 22.8 Å². The summed E-state index contributed by atoms with van der Waals surface area (Å²) in [6, 6.07) is 6.31. The molecule has 1 aromatic carbocycles. The fraction of sp³-hybridized carbons (Fsp3) is 0.522. The molecule has 0 unspecified atom stereocenters. The molecule has 2 aromatic heterocycles. The minimum absolute atomic E-state index is 0.0786. The van der Waals surface area contributed by atoms with E-state index in [9.17, 15) is 25.1 Å². The number of nitrogen functional groups attached to an aromatic ring is 1. The molecule has 0 aliphatic carbocycles. The van der Waals surface area contributed by atoms with Gasteiger partial charge >= 0.3 is 5.65 Å². The number of benzene rings is 1. The number of aliphatic hydroxyl groups is 2. The monoisotopic (exact) mass is 519 g/mol. The maximum absolute atomic E-state index is 12.4. The zero-order chi connectivity index (χ0) is 27.1. The van der Waals surface area contributed by atoms with Crippen molar-refractivity contribution < 1.29 is 33.9 Å². The molecule has 14 heteroatoms. The van der Waals surface area contributed by atoms with E-state index >= 15 is 0 Å². The molecule has 37 heavy (non-hydrogen) atoms. The standard InChI is InChI=1S/C23H30N6O8/c1-23(2,3)18(12-7-5-6-8-13(12)29(33)34)36-11-35-17-16(31)14(9-30)37-21(17)28-10-27(4)15-19(28)25-22(24)26-20(15)32/h5-8,10,14,16-18,21,30-31H,9,11H2,1-4H3,(H2-,24,25,26,32)/p+1/t14-,16-,17-,18+,21-/m1/s1. The van der Waals surface area contributed by atoms with Gasteiger partial charge in [-0.05, 0) is 11.5 Å².